The highest BCUT2D eigenvalue weighted by molar-refractivity contribution is 5.80. The first-order valence-corrected chi connectivity index (χ1v) is 28.2. The van der Waals surface area contributed by atoms with E-state index < -0.39 is 61.5 Å². The van der Waals surface area contributed by atoms with E-state index >= 15 is 0 Å². The minimum atomic E-state index is -1.61. The van der Waals surface area contributed by atoms with E-state index in [0.29, 0.717) is 12.8 Å². The second kappa shape index (κ2) is 46.0. The molecular weight excluding hydrogens is 831 g/mol. The fraction of sp³-hybridized carbons (Fsp3) is 0.911. The quantitative estimate of drug-likeness (QED) is 0.0232. The van der Waals surface area contributed by atoms with Gasteiger partial charge in [-0.1, -0.05) is 256 Å². The molecule has 0 radical (unpaired) electrons. The molecule has 0 saturated carbocycles. The number of rotatable bonds is 48. The summed E-state index contributed by atoms with van der Waals surface area (Å²) in [5.41, 5.74) is 0. The lowest BCUT2D eigenvalue weighted by atomic mass is 9.99. The number of ether oxygens (including phenoxy) is 2. The van der Waals surface area contributed by atoms with Crippen LogP contribution in [0.3, 0.4) is 0 Å². The molecule has 390 valence electrons. The van der Waals surface area contributed by atoms with Gasteiger partial charge in [0.05, 0.1) is 25.4 Å². The van der Waals surface area contributed by atoms with E-state index in [4.69, 9.17) is 9.47 Å². The van der Waals surface area contributed by atoms with Crippen LogP contribution >= 0.6 is 0 Å². The number of hydrogen-bond donors (Lipinski definition) is 7. The van der Waals surface area contributed by atoms with E-state index in [1.54, 1.807) is 6.08 Å². The maximum absolute atomic E-state index is 13.1. The Labute approximate surface area is 405 Å². The van der Waals surface area contributed by atoms with Gasteiger partial charge in [0, 0.05) is 0 Å². The van der Waals surface area contributed by atoms with Crippen molar-refractivity contribution in [3.63, 3.8) is 0 Å². The van der Waals surface area contributed by atoms with Crippen LogP contribution in [-0.4, -0.2) is 98.7 Å². The van der Waals surface area contributed by atoms with Crippen molar-refractivity contribution >= 4 is 5.91 Å². The van der Waals surface area contributed by atoms with Gasteiger partial charge in [0.15, 0.2) is 6.29 Å². The first-order valence-electron chi connectivity index (χ1n) is 28.2. The van der Waals surface area contributed by atoms with Crippen molar-refractivity contribution in [1.29, 1.82) is 0 Å². The number of hydrogen-bond acceptors (Lipinski definition) is 9. The molecule has 66 heavy (non-hydrogen) atoms. The molecular formula is C56H107NO9. The van der Waals surface area contributed by atoms with E-state index in [0.717, 1.165) is 38.5 Å². The van der Waals surface area contributed by atoms with Crippen LogP contribution in [0.1, 0.15) is 264 Å². The summed E-state index contributed by atoms with van der Waals surface area (Å²) < 4.78 is 11.1. The first kappa shape index (κ1) is 62.6. The van der Waals surface area contributed by atoms with Gasteiger partial charge in [-0.3, -0.25) is 4.79 Å². The Morgan fingerprint density at radius 3 is 1.32 bits per heavy atom. The van der Waals surface area contributed by atoms with Gasteiger partial charge in [-0.15, -0.1) is 0 Å². The summed E-state index contributed by atoms with van der Waals surface area (Å²) in [6, 6.07) is -0.993. The maximum Gasteiger partial charge on any atom is 0.249 e. The van der Waals surface area contributed by atoms with Gasteiger partial charge in [-0.05, 0) is 32.1 Å². The summed E-state index contributed by atoms with van der Waals surface area (Å²) in [5, 5.41) is 64.8. The largest absolute Gasteiger partial charge is 0.394 e. The predicted molar refractivity (Wildman–Crippen MR) is 273 cm³/mol. The van der Waals surface area contributed by atoms with Crippen LogP contribution in [-0.2, 0) is 14.3 Å². The zero-order valence-electron chi connectivity index (χ0n) is 42.8. The molecule has 1 fully saturated rings. The van der Waals surface area contributed by atoms with Gasteiger partial charge in [0.1, 0.15) is 30.5 Å². The number of carbonyl (C=O) groups is 1. The fourth-order valence-electron chi connectivity index (χ4n) is 9.06. The minimum absolute atomic E-state index is 0.308. The molecule has 7 N–H and O–H groups in total. The standard InChI is InChI=1S/C56H107NO9/c1-3-5-7-9-11-13-15-17-18-19-20-21-22-23-24-25-26-27-28-29-30-31-32-33-35-37-39-41-43-45-50(60)55(64)57-48(47-65-56-54(63)53(62)52(61)51(46-58)66-56)49(59)44-42-40-38-36-34-16-14-12-10-8-6-4-2/h34,36,42,44,48-54,56,58-63H,3-33,35,37-41,43,45-47H2,1-2H3,(H,57,64)/b36-34+,44-42+. The van der Waals surface area contributed by atoms with Crippen LogP contribution in [0.5, 0.6) is 0 Å². The van der Waals surface area contributed by atoms with Crippen molar-refractivity contribution in [3.8, 4) is 0 Å². The molecule has 1 aliphatic heterocycles. The molecule has 0 aromatic rings. The van der Waals surface area contributed by atoms with Crippen LogP contribution in [0.25, 0.3) is 0 Å². The molecule has 0 aromatic carbocycles. The number of amides is 1. The summed E-state index contributed by atoms with van der Waals surface area (Å²) in [6.45, 7) is 3.60. The zero-order chi connectivity index (χ0) is 48.1. The molecule has 10 heteroatoms. The molecule has 1 heterocycles. The average Bonchev–Trinajstić information content (AvgIpc) is 3.32. The SMILES string of the molecule is CCCCCCCC/C=C/CC/C=C/C(O)C(COC1OC(CO)C(O)C(O)C1O)NC(=O)C(O)CCCCCCCCCCCCCCCCCCCCCCCCCCCCCCC. The molecule has 1 aliphatic rings. The summed E-state index contributed by atoms with van der Waals surface area (Å²) in [6.07, 6.45) is 47.3. The lowest BCUT2D eigenvalue weighted by molar-refractivity contribution is -0.302. The van der Waals surface area contributed by atoms with Crippen molar-refractivity contribution in [3.05, 3.63) is 24.3 Å². The van der Waals surface area contributed by atoms with Crippen molar-refractivity contribution in [2.24, 2.45) is 0 Å². The molecule has 8 atom stereocenters. The second-order valence-electron chi connectivity index (χ2n) is 19.9. The van der Waals surface area contributed by atoms with E-state index in [1.165, 1.54) is 199 Å². The molecule has 0 aromatic heterocycles. The molecule has 0 aliphatic carbocycles. The predicted octanol–water partition coefficient (Wildman–Crippen LogP) is 12.4. The van der Waals surface area contributed by atoms with E-state index in [1.807, 2.05) is 6.08 Å². The zero-order valence-corrected chi connectivity index (χ0v) is 42.8. The Kier molecular flexibility index (Phi) is 43.7. The van der Waals surface area contributed by atoms with Gasteiger partial charge in [-0.25, -0.2) is 0 Å². The first-order chi connectivity index (χ1) is 32.3. The highest BCUT2D eigenvalue weighted by Crippen LogP contribution is 2.23. The number of allylic oxidation sites excluding steroid dienone is 3. The monoisotopic (exact) mass is 938 g/mol. The van der Waals surface area contributed by atoms with Gasteiger partial charge in [0.25, 0.3) is 0 Å². The van der Waals surface area contributed by atoms with E-state index in [-0.39, 0.29) is 6.61 Å². The van der Waals surface area contributed by atoms with Gasteiger partial charge >= 0.3 is 0 Å². The third-order valence-electron chi connectivity index (χ3n) is 13.6. The number of aliphatic hydroxyl groups excluding tert-OH is 6. The Bertz CT molecular complexity index is 1110. The Morgan fingerprint density at radius 2 is 0.894 bits per heavy atom. The van der Waals surface area contributed by atoms with Crippen LogP contribution in [0.15, 0.2) is 24.3 Å². The number of nitrogens with one attached hydrogen (secondary N) is 1. The summed E-state index contributed by atoms with van der Waals surface area (Å²) in [7, 11) is 0. The second-order valence-corrected chi connectivity index (χ2v) is 19.9. The average molecular weight is 938 g/mol. The summed E-state index contributed by atoms with van der Waals surface area (Å²) in [5.74, 6) is -0.623. The van der Waals surface area contributed by atoms with E-state index in [2.05, 4.69) is 31.3 Å². The van der Waals surface area contributed by atoms with Crippen molar-refractivity contribution in [2.75, 3.05) is 13.2 Å². The highest BCUT2D eigenvalue weighted by atomic mass is 16.7. The molecule has 1 amide bonds. The molecule has 1 saturated heterocycles. The van der Waals surface area contributed by atoms with Crippen LogP contribution in [0.4, 0.5) is 0 Å². The normalized spacial score (nSPS) is 20.4. The van der Waals surface area contributed by atoms with Gasteiger partial charge < -0.3 is 45.4 Å². The lowest BCUT2D eigenvalue weighted by Crippen LogP contribution is -2.60. The fourth-order valence-corrected chi connectivity index (χ4v) is 9.06. The number of carbonyl (C=O) groups excluding carboxylic acids is 1. The molecule has 0 bridgehead atoms. The smallest absolute Gasteiger partial charge is 0.249 e. The van der Waals surface area contributed by atoms with Gasteiger partial charge in [0.2, 0.25) is 5.91 Å². The van der Waals surface area contributed by atoms with Crippen molar-refractivity contribution in [1.82, 2.24) is 5.32 Å². The maximum atomic E-state index is 13.1. The van der Waals surface area contributed by atoms with E-state index in [9.17, 15) is 35.4 Å². The Balaban J connectivity index is 2.18. The highest BCUT2D eigenvalue weighted by Gasteiger charge is 2.44. The third kappa shape index (κ3) is 34.8. The summed E-state index contributed by atoms with van der Waals surface area (Å²) in [4.78, 5) is 13.1. The van der Waals surface area contributed by atoms with Crippen LogP contribution in [0.2, 0.25) is 0 Å². The Morgan fingerprint density at radius 1 is 0.515 bits per heavy atom. The van der Waals surface area contributed by atoms with Crippen molar-refractivity contribution in [2.45, 2.75) is 313 Å². The number of aliphatic hydroxyl groups is 6. The third-order valence-corrected chi connectivity index (χ3v) is 13.6. The van der Waals surface area contributed by atoms with Gasteiger partial charge in [-0.2, -0.15) is 0 Å². The molecule has 0 spiro atoms. The van der Waals surface area contributed by atoms with Crippen molar-refractivity contribution < 1.29 is 44.9 Å². The van der Waals surface area contributed by atoms with Crippen LogP contribution in [0, 0.1) is 0 Å². The Hall–Kier alpha value is -1.37. The van der Waals surface area contributed by atoms with Crippen LogP contribution < -0.4 is 5.32 Å². The number of unbranched alkanes of at least 4 members (excludes halogenated alkanes) is 35. The summed E-state index contributed by atoms with van der Waals surface area (Å²) >= 11 is 0. The lowest BCUT2D eigenvalue weighted by Gasteiger charge is -2.40. The topological polar surface area (TPSA) is 169 Å². The minimum Gasteiger partial charge on any atom is -0.394 e. The molecule has 10 nitrogen and oxygen atoms in total. The molecule has 1 rings (SSSR count). The molecule has 8 unspecified atom stereocenters.